The third kappa shape index (κ3) is 4.07. The Kier molecular flexibility index (Phi) is 4.98. The van der Waals surface area contributed by atoms with Gasteiger partial charge in [-0.3, -0.25) is 0 Å². The number of hydrogen-bond donors (Lipinski definition) is 1. The highest BCUT2D eigenvalue weighted by atomic mass is 79.9. The van der Waals surface area contributed by atoms with Crippen LogP contribution in [-0.2, 0) is 13.0 Å². The number of rotatable bonds is 5. The van der Waals surface area contributed by atoms with E-state index in [9.17, 15) is 0 Å². The predicted molar refractivity (Wildman–Crippen MR) is 76.7 cm³/mol. The van der Waals surface area contributed by atoms with E-state index in [4.69, 9.17) is 11.6 Å². The van der Waals surface area contributed by atoms with Gasteiger partial charge in [-0.15, -0.1) is 11.3 Å². The highest BCUT2D eigenvalue weighted by molar-refractivity contribution is 9.10. The molecule has 0 bridgehead atoms. The van der Waals surface area contributed by atoms with Crippen molar-refractivity contribution in [3.8, 4) is 0 Å². The molecule has 2 aromatic rings. The summed E-state index contributed by atoms with van der Waals surface area (Å²) in [7, 11) is 0. The van der Waals surface area contributed by atoms with E-state index in [0.29, 0.717) is 0 Å². The number of halogens is 2. The van der Waals surface area contributed by atoms with Gasteiger partial charge < -0.3 is 5.32 Å². The Bertz CT molecular complexity index is 473. The van der Waals surface area contributed by atoms with Crippen LogP contribution in [0.25, 0.3) is 0 Å². The van der Waals surface area contributed by atoms with Gasteiger partial charge in [0.1, 0.15) is 0 Å². The highest BCUT2D eigenvalue weighted by Gasteiger charge is 1.99. The van der Waals surface area contributed by atoms with Crippen LogP contribution < -0.4 is 5.32 Å². The van der Waals surface area contributed by atoms with Crippen molar-refractivity contribution >= 4 is 38.9 Å². The summed E-state index contributed by atoms with van der Waals surface area (Å²) in [6.07, 6.45) is 0.970. The van der Waals surface area contributed by atoms with Crippen molar-refractivity contribution in [1.82, 2.24) is 10.3 Å². The standard InChI is InChI=1S/C12H12BrClN2S/c13-11-5-9(1-2-12(11)14)6-15-4-3-10-7-17-8-16-10/h1-2,5,7-8,15H,3-4,6H2. The van der Waals surface area contributed by atoms with Gasteiger partial charge in [0.2, 0.25) is 0 Å². The average molecular weight is 332 g/mol. The Morgan fingerprint density at radius 3 is 3.00 bits per heavy atom. The van der Waals surface area contributed by atoms with Crippen molar-refractivity contribution in [3.63, 3.8) is 0 Å². The third-order valence-corrected chi connectivity index (χ3v) is 4.20. The first kappa shape index (κ1) is 13.0. The minimum atomic E-state index is 0.747. The van der Waals surface area contributed by atoms with E-state index in [0.717, 1.165) is 34.7 Å². The number of aromatic nitrogens is 1. The van der Waals surface area contributed by atoms with Crippen LogP contribution in [0.1, 0.15) is 11.3 Å². The molecule has 1 aromatic heterocycles. The molecule has 17 heavy (non-hydrogen) atoms. The number of thiazole rings is 1. The maximum Gasteiger partial charge on any atom is 0.0794 e. The summed E-state index contributed by atoms with van der Waals surface area (Å²) in [5.41, 5.74) is 4.24. The second-order valence-electron chi connectivity index (χ2n) is 3.66. The highest BCUT2D eigenvalue weighted by Crippen LogP contribution is 2.23. The molecule has 0 saturated heterocycles. The molecule has 0 aliphatic heterocycles. The molecule has 0 aliphatic carbocycles. The lowest BCUT2D eigenvalue weighted by molar-refractivity contribution is 0.681. The molecule has 0 saturated carbocycles. The summed E-state index contributed by atoms with van der Waals surface area (Å²) in [5.74, 6) is 0. The van der Waals surface area contributed by atoms with E-state index in [1.807, 2.05) is 23.7 Å². The molecule has 90 valence electrons. The fourth-order valence-corrected chi connectivity index (χ4v) is 2.60. The van der Waals surface area contributed by atoms with Crippen molar-refractivity contribution in [1.29, 1.82) is 0 Å². The molecule has 0 amide bonds. The Morgan fingerprint density at radius 1 is 1.41 bits per heavy atom. The predicted octanol–water partition coefficient (Wildman–Crippen LogP) is 3.89. The van der Waals surface area contributed by atoms with Gasteiger partial charge in [0.25, 0.3) is 0 Å². The van der Waals surface area contributed by atoms with Gasteiger partial charge in [0, 0.05) is 29.4 Å². The SMILES string of the molecule is Clc1ccc(CNCCc2cscn2)cc1Br. The molecule has 0 unspecified atom stereocenters. The van der Waals surface area contributed by atoms with Gasteiger partial charge in [0.05, 0.1) is 16.2 Å². The molecule has 0 fully saturated rings. The minimum absolute atomic E-state index is 0.747. The average Bonchev–Trinajstić information content (AvgIpc) is 2.82. The summed E-state index contributed by atoms with van der Waals surface area (Å²) >= 11 is 11.0. The third-order valence-electron chi connectivity index (χ3n) is 2.35. The van der Waals surface area contributed by atoms with Crippen LogP contribution in [0.15, 0.2) is 33.6 Å². The van der Waals surface area contributed by atoms with Gasteiger partial charge >= 0.3 is 0 Å². The van der Waals surface area contributed by atoms with Gasteiger partial charge in [-0.1, -0.05) is 17.7 Å². The van der Waals surface area contributed by atoms with Crippen molar-refractivity contribution < 1.29 is 0 Å². The lowest BCUT2D eigenvalue weighted by Crippen LogP contribution is -2.16. The number of benzene rings is 1. The van der Waals surface area contributed by atoms with E-state index in [1.54, 1.807) is 11.3 Å². The Morgan fingerprint density at radius 2 is 2.29 bits per heavy atom. The Balaban J connectivity index is 1.76. The summed E-state index contributed by atoms with van der Waals surface area (Å²) in [4.78, 5) is 4.24. The first-order valence-electron chi connectivity index (χ1n) is 5.27. The number of nitrogens with zero attached hydrogens (tertiary/aromatic N) is 1. The van der Waals surface area contributed by atoms with E-state index in [2.05, 4.69) is 31.6 Å². The molecule has 2 nitrogen and oxygen atoms in total. The van der Waals surface area contributed by atoms with Gasteiger partial charge in [-0.2, -0.15) is 0 Å². The molecular formula is C12H12BrClN2S. The quantitative estimate of drug-likeness (QED) is 0.841. The molecule has 5 heteroatoms. The number of hydrogen-bond acceptors (Lipinski definition) is 3. The van der Waals surface area contributed by atoms with Crippen LogP contribution in [-0.4, -0.2) is 11.5 Å². The Hall–Kier alpha value is -0.420. The summed E-state index contributed by atoms with van der Waals surface area (Å²) in [5, 5.41) is 6.22. The molecule has 0 spiro atoms. The van der Waals surface area contributed by atoms with Crippen molar-refractivity contribution in [2.24, 2.45) is 0 Å². The monoisotopic (exact) mass is 330 g/mol. The van der Waals surface area contributed by atoms with Crippen LogP contribution in [0.2, 0.25) is 5.02 Å². The second-order valence-corrected chi connectivity index (χ2v) is 5.64. The summed E-state index contributed by atoms with van der Waals surface area (Å²) < 4.78 is 0.943. The lowest BCUT2D eigenvalue weighted by Gasteiger charge is -2.05. The van der Waals surface area contributed by atoms with Gasteiger partial charge in [-0.25, -0.2) is 4.98 Å². The zero-order chi connectivity index (χ0) is 12.1. The largest absolute Gasteiger partial charge is 0.312 e. The first-order valence-corrected chi connectivity index (χ1v) is 7.39. The fourth-order valence-electron chi connectivity index (χ4n) is 1.46. The maximum atomic E-state index is 5.94. The van der Waals surface area contributed by atoms with E-state index >= 15 is 0 Å². The normalized spacial score (nSPS) is 10.7. The van der Waals surface area contributed by atoms with Crippen LogP contribution in [0.4, 0.5) is 0 Å². The molecular weight excluding hydrogens is 320 g/mol. The van der Waals surface area contributed by atoms with Crippen LogP contribution in [0, 0.1) is 0 Å². The lowest BCUT2D eigenvalue weighted by atomic mass is 10.2. The molecule has 1 aromatic carbocycles. The Labute approximate surface area is 118 Å². The number of nitrogens with one attached hydrogen (secondary N) is 1. The maximum absolute atomic E-state index is 5.94. The first-order chi connectivity index (χ1) is 8.25. The molecule has 0 aliphatic rings. The van der Waals surface area contributed by atoms with E-state index in [1.165, 1.54) is 5.56 Å². The molecule has 1 N–H and O–H groups in total. The molecule has 1 heterocycles. The van der Waals surface area contributed by atoms with Gasteiger partial charge in [-0.05, 0) is 33.6 Å². The summed E-state index contributed by atoms with van der Waals surface area (Å²) in [6.45, 7) is 1.78. The molecule has 0 atom stereocenters. The van der Waals surface area contributed by atoms with Crippen molar-refractivity contribution in [2.75, 3.05) is 6.54 Å². The van der Waals surface area contributed by atoms with Crippen LogP contribution in [0.3, 0.4) is 0 Å². The van der Waals surface area contributed by atoms with Crippen molar-refractivity contribution in [3.05, 3.63) is 49.8 Å². The second kappa shape index (κ2) is 6.50. The smallest absolute Gasteiger partial charge is 0.0794 e. The van der Waals surface area contributed by atoms with Crippen molar-refractivity contribution in [2.45, 2.75) is 13.0 Å². The molecule has 2 rings (SSSR count). The molecule has 0 radical (unpaired) electrons. The topological polar surface area (TPSA) is 24.9 Å². The van der Waals surface area contributed by atoms with Crippen LogP contribution >= 0.6 is 38.9 Å². The zero-order valence-corrected chi connectivity index (χ0v) is 12.3. The van der Waals surface area contributed by atoms with Crippen LogP contribution in [0.5, 0.6) is 0 Å². The zero-order valence-electron chi connectivity index (χ0n) is 9.12. The van der Waals surface area contributed by atoms with Gasteiger partial charge in [0.15, 0.2) is 0 Å². The van der Waals surface area contributed by atoms with E-state index in [-0.39, 0.29) is 0 Å². The fraction of sp³-hybridized carbons (Fsp3) is 0.250. The summed E-state index contributed by atoms with van der Waals surface area (Å²) in [6, 6.07) is 5.98. The van der Waals surface area contributed by atoms with E-state index < -0.39 is 0 Å². The minimum Gasteiger partial charge on any atom is -0.312 e.